The molecule has 1 fully saturated rings. The van der Waals surface area contributed by atoms with E-state index in [1.165, 1.54) is 26.4 Å². The Labute approximate surface area is 142 Å². The zero-order valence-electron chi connectivity index (χ0n) is 14.0. The molecule has 0 saturated heterocycles. The number of aliphatic hydroxyl groups is 2. The van der Waals surface area contributed by atoms with Crippen LogP contribution in [0.1, 0.15) is 12.0 Å². The minimum Gasteiger partial charge on any atom is -0.388 e. The van der Waals surface area contributed by atoms with Crippen LogP contribution in [0.25, 0.3) is 0 Å². The highest BCUT2D eigenvalue weighted by molar-refractivity contribution is 7.86. The van der Waals surface area contributed by atoms with E-state index in [0.29, 0.717) is 6.42 Å². The molecule has 0 radical (unpaired) electrons. The van der Waals surface area contributed by atoms with Crippen molar-refractivity contribution in [1.82, 2.24) is 0 Å². The Hall–Kier alpha value is -1.03. The minimum absolute atomic E-state index is 0.0711. The van der Waals surface area contributed by atoms with Gasteiger partial charge in [-0.15, -0.1) is 0 Å². The fourth-order valence-electron chi connectivity index (χ4n) is 2.95. The molecule has 5 unspecified atom stereocenters. The van der Waals surface area contributed by atoms with Gasteiger partial charge in [-0.3, -0.25) is 4.18 Å². The molecule has 5 atom stereocenters. The first-order valence-electron chi connectivity index (χ1n) is 7.68. The molecular formula is C16H24O7S. The molecule has 1 saturated carbocycles. The van der Waals surface area contributed by atoms with Gasteiger partial charge in [-0.25, -0.2) is 0 Å². The molecule has 1 aromatic rings. The first-order chi connectivity index (χ1) is 11.3. The number of benzene rings is 1. The number of rotatable bonds is 6. The molecule has 0 aliphatic heterocycles. The number of aliphatic hydroxyl groups excluding tert-OH is 2. The SMILES string of the molecule is COC1CC(COS(=O)(=O)c2ccc(C)cc2)C(OC)C(O)C1O. The molecule has 0 heterocycles. The summed E-state index contributed by atoms with van der Waals surface area (Å²) in [5.74, 6) is -0.432. The van der Waals surface area contributed by atoms with Gasteiger partial charge in [0.1, 0.15) is 12.2 Å². The largest absolute Gasteiger partial charge is 0.388 e. The topological polar surface area (TPSA) is 102 Å². The molecule has 1 aliphatic carbocycles. The maximum atomic E-state index is 12.3. The lowest BCUT2D eigenvalue weighted by Gasteiger charge is -2.41. The second-order valence-electron chi connectivity index (χ2n) is 6.00. The van der Waals surface area contributed by atoms with Gasteiger partial charge in [-0.05, 0) is 25.5 Å². The highest BCUT2D eigenvalue weighted by Crippen LogP contribution is 2.30. The molecule has 8 heteroatoms. The van der Waals surface area contributed by atoms with Gasteiger partial charge in [0.25, 0.3) is 10.1 Å². The standard InChI is InChI=1S/C16H24O7S/c1-10-4-6-12(7-5-10)24(19,20)23-9-11-8-13(21-2)14(17)15(18)16(11)22-3/h4-7,11,13-18H,8-9H2,1-3H3. The van der Waals surface area contributed by atoms with Crippen molar-refractivity contribution in [2.24, 2.45) is 5.92 Å². The Morgan fingerprint density at radius 2 is 1.71 bits per heavy atom. The molecule has 0 amide bonds. The van der Waals surface area contributed by atoms with Gasteiger partial charge in [0.05, 0.1) is 23.7 Å². The second kappa shape index (κ2) is 7.90. The van der Waals surface area contributed by atoms with Crippen molar-refractivity contribution < 1.29 is 32.3 Å². The molecule has 2 rings (SSSR count). The van der Waals surface area contributed by atoms with E-state index < -0.39 is 40.5 Å². The third-order valence-electron chi connectivity index (χ3n) is 4.39. The molecule has 1 aromatic carbocycles. The van der Waals surface area contributed by atoms with E-state index in [-0.39, 0.29) is 11.5 Å². The smallest absolute Gasteiger partial charge is 0.296 e. The fourth-order valence-corrected chi connectivity index (χ4v) is 3.90. The van der Waals surface area contributed by atoms with Crippen molar-refractivity contribution >= 4 is 10.1 Å². The van der Waals surface area contributed by atoms with Crippen molar-refractivity contribution in [2.45, 2.75) is 42.7 Å². The number of ether oxygens (including phenoxy) is 2. The third-order valence-corrected chi connectivity index (χ3v) is 5.68. The Morgan fingerprint density at radius 1 is 1.08 bits per heavy atom. The summed E-state index contributed by atoms with van der Waals surface area (Å²) < 4.78 is 40.1. The third kappa shape index (κ3) is 4.14. The van der Waals surface area contributed by atoms with Gasteiger partial charge < -0.3 is 19.7 Å². The molecule has 0 aromatic heterocycles. The summed E-state index contributed by atoms with van der Waals surface area (Å²) in [6.07, 6.45) is -3.30. The van der Waals surface area contributed by atoms with E-state index in [1.807, 2.05) is 6.92 Å². The van der Waals surface area contributed by atoms with Crippen molar-refractivity contribution in [2.75, 3.05) is 20.8 Å². The van der Waals surface area contributed by atoms with Gasteiger partial charge in [0.2, 0.25) is 0 Å². The van der Waals surface area contributed by atoms with Crippen molar-refractivity contribution in [1.29, 1.82) is 0 Å². The van der Waals surface area contributed by atoms with Crippen LogP contribution >= 0.6 is 0 Å². The van der Waals surface area contributed by atoms with Crippen LogP contribution in [0.2, 0.25) is 0 Å². The fraction of sp³-hybridized carbons (Fsp3) is 0.625. The summed E-state index contributed by atoms with van der Waals surface area (Å²) in [6.45, 7) is 1.69. The lowest BCUT2D eigenvalue weighted by atomic mass is 9.81. The summed E-state index contributed by atoms with van der Waals surface area (Å²) >= 11 is 0. The lowest BCUT2D eigenvalue weighted by Crippen LogP contribution is -2.55. The van der Waals surface area contributed by atoms with Gasteiger partial charge in [-0.1, -0.05) is 17.7 Å². The molecule has 2 N–H and O–H groups in total. The first-order valence-corrected chi connectivity index (χ1v) is 9.08. The van der Waals surface area contributed by atoms with E-state index in [4.69, 9.17) is 13.7 Å². The van der Waals surface area contributed by atoms with Crippen LogP contribution in [0.4, 0.5) is 0 Å². The molecular weight excluding hydrogens is 336 g/mol. The van der Waals surface area contributed by atoms with Crippen LogP contribution in [0.3, 0.4) is 0 Å². The van der Waals surface area contributed by atoms with E-state index in [2.05, 4.69) is 0 Å². The van der Waals surface area contributed by atoms with Gasteiger partial charge in [0, 0.05) is 20.1 Å². The van der Waals surface area contributed by atoms with Crippen molar-refractivity contribution in [3.05, 3.63) is 29.8 Å². The van der Waals surface area contributed by atoms with Crippen LogP contribution in [0, 0.1) is 12.8 Å². The van der Waals surface area contributed by atoms with Crippen LogP contribution in [-0.2, 0) is 23.8 Å². The maximum absolute atomic E-state index is 12.3. The molecule has 1 aliphatic rings. The molecule has 7 nitrogen and oxygen atoms in total. The molecule has 136 valence electrons. The zero-order chi connectivity index (χ0) is 17.9. The number of hydrogen-bond donors (Lipinski definition) is 2. The first kappa shape index (κ1) is 19.3. The predicted octanol–water partition coefficient (Wildman–Crippen LogP) is 0.472. The summed E-state index contributed by atoms with van der Waals surface area (Å²) in [4.78, 5) is 0.0711. The lowest BCUT2D eigenvalue weighted by molar-refractivity contribution is -0.178. The Morgan fingerprint density at radius 3 is 2.25 bits per heavy atom. The van der Waals surface area contributed by atoms with Crippen LogP contribution < -0.4 is 0 Å². The van der Waals surface area contributed by atoms with E-state index in [1.54, 1.807) is 12.1 Å². The van der Waals surface area contributed by atoms with Crippen LogP contribution in [0.15, 0.2) is 29.2 Å². The Kier molecular flexibility index (Phi) is 6.35. The summed E-state index contributed by atoms with van der Waals surface area (Å²) in [5, 5.41) is 20.1. The number of hydrogen-bond acceptors (Lipinski definition) is 7. The van der Waals surface area contributed by atoms with Gasteiger partial charge in [-0.2, -0.15) is 8.42 Å². The quantitative estimate of drug-likeness (QED) is 0.711. The second-order valence-corrected chi connectivity index (χ2v) is 7.62. The van der Waals surface area contributed by atoms with E-state index in [9.17, 15) is 18.6 Å². The Bertz CT molecular complexity index is 628. The summed E-state index contributed by atoms with van der Waals surface area (Å²) in [6, 6.07) is 6.34. The van der Waals surface area contributed by atoms with E-state index in [0.717, 1.165) is 5.56 Å². The van der Waals surface area contributed by atoms with Gasteiger partial charge in [0.15, 0.2) is 0 Å². The average Bonchev–Trinajstić information content (AvgIpc) is 2.56. The zero-order valence-corrected chi connectivity index (χ0v) is 14.8. The van der Waals surface area contributed by atoms with Gasteiger partial charge >= 0.3 is 0 Å². The molecule has 24 heavy (non-hydrogen) atoms. The molecule has 0 spiro atoms. The normalized spacial score (nSPS) is 31.1. The Balaban J connectivity index is 2.09. The summed E-state index contributed by atoms with van der Waals surface area (Å²) in [5.41, 5.74) is 0.945. The molecule has 0 bridgehead atoms. The van der Waals surface area contributed by atoms with Crippen molar-refractivity contribution in [3.63, 3.8) is 0 Å². The van der Waals surface area contributed by atoms with Crippen LogP contribution in [0.5, 0.6) is 0 Å². The van der Waals surface area contributed by atoms with E-state index >= 15 is 0 Å². The maximum Gasteiger partial charge on any atom is 0.296 e. The highest BCUT2D eigenvalue weighted by atomic mass is 32.2. The summed E-state index contributed by atoms with van der Waals surface area (Å²) in [7, 11) is -1.08. The average molecular weight is 360 g/mol. The predicted molar refractivity (Wildman–Crippen MR) is 86.0 cm³/mol. The highest BCUT2D eigenvalue weighted by Gasteiger charge is 2.44. The monoisotopic (exact) mass is 360 g/mol. The number of methoxy groups -OCH3 is 2. The van der Waals surface area contributed by atoms with Crippen molar-refractivity contribution in [3.8, 4) is 0 Å². The van der Waals surface area contributed by atoms with Crippen LogP contribution in [-0.4, -0.2) is 63.9 Å². The number of aryl methyl sites for hydroxylation is 1. The minimum atomic E-state index is -3.90.